The molecule has 2 N–H and O–H groups in total. The van der Waals surface area contributed by atoms with E-state index in [-0.39, 0.29) is 5.75 Å². The van der Waals surface area contributed by atoms with Gasteiger partial charge in [0.1, 0.15) is 0 Å². The number of nitrogens with two attached hydrogens (primary N) is 1. The van der Waals surface area contributed by atoms with Crippen LogP contribution in [0, 0.1) is 0 Å². The highest BCUT2D eigenvalue weighted by molar-refractivity contribution is 5.27. The van der Waals surface area contributed by atoms with E-state index in [1.807, 2.05) is 0 Å². The van der Waals surface area contributed by atoms with Crippen LogP contribution in [0.5, 0.6) is 5.75 Å². The maximum atomic E-state index is 12.1. The molecule has 0 saturated heterocycles. The molecule has 13 heavy (non-hydrogen) atoms. The molecule has 0 saturated carbocycles. The highest BCUT2D eigenvalue weighted by atomic mass is 19.4. The van der Waals surface area contributed by atoms with Gasteiger partial charge in [0.05, 0.1) is 13.4 Å². The second-order valence-electron chi connectivity index (χ2n) is 2.37. The zero-order valence-electron chi connectivity index (χ0n) is 6.76. The molecule has 1 aromatic heterocycles. The molecule has 1 heterocycles. The molecule has 1 aromatic rings. The molecule has 3 nitrogen and oxygen atoms in total. The number of halogens is 3. The predicted molar refractivity (Wildman–Crippen MR) is 38.2 cm³/mol. The van der Waals surface area contributed by atoms with E-state index in [0.29, 0.717) is 0 Å². The minimum atomic E-state index is -4.52. The molecule has 0 aliphatic carbocycles. The minimum Gasteiger partial charge on any atom is -0.493 e. The van der Waals surface area contributed by atoms with Crippen LogP contribution >= 0.6 is 0 Å². The molecule has 0 radical (unpaired) electrons. The Morgan fingerprint density at radius 3 is 2.62 bits per heavy atom. The molecule has 6 heteroatoms. The van der Waals surface area contributed by atoms with Gasteiger partial charge in [0.15, 0.2) is 17.6 Å². The van der Waals surface area contributed by atoms with Gasteiger partial charge in [-0.25, -0.2) is 0 Å². The van der Waals surface area contributed by atoms with Crippen molar-refractivity contribution in [1.29, 1.82) is 0 Å². The highest BCUT2D eigenvalue weighted by Crippen LogP contribution is 2.35. The maximum Gasteiger partial charge on any atom is 0.410 e. The topological polar surface area (TPSA) is 48.4 Å². The van der Waals surface area contributed by atoms with Crippen molar-refractivity contribution in [2.45, 2.75) is 12.2 Å². The van der Waals surface area contributed by atoms with Crippen molar-refractivity contribution in [3.63, 3.8) is 0 Å². The van der Waals surface area contributed by atoms with Gasteiger partial charge in [0.25, 0.3) is 0 Å². The van der Waals surface area contributed by atoms with Gasteiger partial charge in [-0.05, 0) is 0 Å². The van der Waals surface area contributed by atoms with Crippen LogP contribution in [-0.4, -0.2) is 13.3 Å². The van der Waals surface area contributed by atoms with Crippen LogP contribution in [0.4, 0.5) is 13.2 Å². The zero-order valence-corrected chi connectivity index (χ0v) is 6.76. The lowest BCUT2D eigenvalue weighted by atomic mass is 10.2. The van der Waals surface area contributed by atoms with Crippen LogP contribution < -0.4 is 10.5 Å². The zero-order chi connectivity index (χ0) is 10.1. The van der Waals surface area contributed by atoms with Crippen LogP contribution in [0.15, 0.2) is 16.7 Å². The van der Waals surface area contributed by atoms with E-state index in [2.05, 4.69) is 9.15 Å². The van der Waals surface area contributed by atoms with Gasteiger partial charge in [-0.3, -0.25) is 0 Å². The number of hydrogen-bond donors (Lipinski definition) is 1. The maximum absolute atomic E-state index is 12.1. The monoisotopic (exact) mass is 195 g/mol. The fourth-order valence-corrected chi connectivity index (χ4v) is 0.853. The van der Waals surface area contributed by atoms with E-state index >= 15 is 0 Å². The first kappa shape index (κ1) is 9.91. The summed E-state index contributed by atoms with van der Waals surface area (Å²) >= 11 is 0. The Labute approximate surface area is 72.3 Å². The molecule has 0 unspecified atom stereocenters. The van der Waals surface area contributed by atoms with Crippen molar-refractivity contribution in [3.8, 4) is 5.75 Å². The molecule has 1 atom stereocenters. The number of rotatable bonds is 2. The second kappa shape index (κ2) is 3.29. The number of alkyl halides is 3. The lowest BCUT2D eigenvalue weighted by Crippen LogP contribution is -2.28. The smallest absolute Gasteiger partial charge is 0.410 e. The van der Waals surface area contributed by atoms with E-state index in [9.17, 15) is 13.2 Å². The van der Waals surface area contributed by atoms with Crippen molar-refractivity contribution in [2.24, 2.45) is 5.73 Å². The van der Waals surface area contributed by atoms with Crippen molar-refractivity contribution in [1.82, 2.24) is 0 Å². The predicted octanol–water partition coefficient (Wildman–Crippen LogP) is 1.85. The third-order valence-electron chi connectivity index (χ3n) is 1.51. The van der Waals surface area contributed by atoms with Gasteiger partial charge in [0, 0.05) is 6.07 Å². The third-order valence-corrected chi connectivity index (χ3v) is 1.51. The van der Waals surface area contributed by atoms with Gasteiger partial charge in [-0.1, -0.05) is 0 Å². The van der Waals surface area contributed by atoms with Crippen LogP contribution in [0.3, 0.4) is 0 Å². The number of ether oxygens (including phenoxy) is 1. The fraction of sp³-hybridized carbons (Fsp3) is 0.429. The number of hydrogen-bond acceptors (Lipinski definition) is 3. The van der Waals surface area contributed by atoms with Crippen molar-refractivity contribution in [3.05, 3.63) is 18.1 Å². The van der Waals surface area contributed by atoms with Gasteiger partial charge in [-0.2, -0.15) is 13.2 Å². The van der Waals surface area contributed by atoms with Gasteiger partial charge >= 0.3 is 6.18 Å². The van der Waals surface area contributed by atoms with E-state index in [1.54, 1.807) is 0 Å². The second-order valence-corrected chi connectivity index (χ2v) is 2.37. The van der Waals surface area contributed by atoms with Crippen LogP contribution in [-0.2, 0) is 0 Å². The summed E-state index contributed by atoms with van der Waals surface area (Å²) in [6, 6.07) is -0.863. The Morgan fingerprint density at radius 2 is 2.15 bits per heavy atom. The average molecular weight is 195 g/mol. The quantitative estimate of drug-likeness (QED) is 0.783. The van der Waals surface area contributed by atoms with Crippen molar-refractivity contribution in [2.75, 3.05) is 7.11 Å². The lowest BCUT2D eigenvalue weighted by molar-refractivity contribution is -0.153. The number of furan rings is 1. The summed E-state index contributed by atoms with van der Waals surface area (Å²) in [7, 11) is 1.25. The first-order valence-corrected chi connectivity index (χ1v) is 3.40. The van der Waals surface area contributed by atoms with Crippen LogP contribution in [0.2, 0.25) is 0 Å². The Bertz CT molecular complexity index is 282. The van der Waals surface area contributed by atoms with Crippen LogP contribution in [0.25, 0.3) is 0 Å². The largest absolute Gasteiger partial charge is 0.493 e. The Balaban J connectivity index is 2.94. The Hall–Kier alpha value is -1.17. The summed E-state index contributed by atoms with van der Waals surface area (Å²) in [6.07, 6.45) is -3.43. The molecule has 0 bridgehead atoms. The molecule has 0 fully saturated rings. The summed E-state index contributed by atoms with van der Waals surface area (Å²) in [5.41, 5.74) is 4.89. The summed E-state index contributed by atoms with van der Waals surface area (Å²) in [5, 5.41) is 0. The normalized spacial score (nSPS) is 14.2. The fourth-order valence-electron chi connectivity index (χ4n) is 0.853. The molecule has 74 valence electrons. The lowest BCUT2D eigenvalue weighted by Gasteiger charge is -2.13. The van der Waals surface area contributed by atoms with Gasteiger partial charge in [-0.15, -0.1) is 0 Å². The molecule has 0 amide bonds. The SMILES string of the molecule is COc1ccoc1[C@H](N)C(F)(F)F. The molecule has 0 spiro atoms. The standard InChI is InChI=1S/C7H8F3NO2/c1-12-4-2-3-13-5(4)6(11)7(8,9)10/h2-3,6H,11H2,1H3/t6-/m0/s1. The van der Waals surface area contributed by atoms with E-state index in [0.717, 1.165) is 6.26 Å². The Morgan fingerprint density at radius 1 is 1.54 bits per heavy atom. The summed E-state index contributed by atoms with van der Waals surface area (Å²) in [4.78, 5) is 0. The summed E-state index contributed by atoms with van der Waals surface area (Å²) < 4.78 is 45.5. The first-order valence-electron chi connectivity index (χ1n) is 3.40. The number of methoxy groups -OCH3 is 1. The Kier molecular flexibility index (Phi) is 2.51. The molecule has 0 aliphatic rings. The van der Waals surface area contributed by atoms with E-state index < -0.39 is 18.0 Å². The molecular weight excluding hydrogens is 187 g/mol. The molecule has 0 aromatic carbocycles. The molecular formula is C7H8F3NO2. The average Bonchev–Trinajstić information content (AvgIpc) is 2.48. The first-order chi connectivity index (χ1) is 5.96. The summed E-state index contributed by atoms with van der Waals surface area (Å²) in [5.74, 6) is -0.403. The van der Waals surface area contributed by atoms with Crippen molar-refractivity contribution >= 4 is 0 Å². The highest BCUT2D eigenvalue weighted by Gasteiger charge is 2.41. The third kappa shape index (κ3) is 1.95. The van der Waals surface area contributed by atoms with Gasteiger partial charge < -0.3 is 14.9 Å². The van der Waals surface area contributed by atoms with E-state index in [4.69, 9.17) is 5.73 Å². The van der Waals surface area contributed by atoms with Gasteiger partial charge in [0.2, 0.25) is 0 Å². The van der Waals surface area contributed by atoms with Crippen molar-refractivity contribution < 1.29 is 22.3 Å². The minimum absolute atomic E-state index is 0.00447. The van der Waals surface area contributed by atoms with Crippen LogP contribution in [0.1, 0.15) is 11.8 Å². The molecule has 1 rings (SSSR count). The summed E-state index contributed by atoms with van der Waals surface area (Å²) in [6.45, 7) is 0. The molecule has 0 aliphatic heterocycles. The van der Waals surface area contributed by atoms with E-state index in [1.165, 1.54) is 13.2 Å².